The third kappa shape index (κ3) is 3.01. The topological polar surface area (TPSA) is 39.2 Å². The molecule has 0 unspecified atom stereocenters. The molecule has 0 fully saturated rings. The predicted molar refractivity (Wildman–Crippen MR) is 66.0 cm³/mol. The van der Waals surface area contributed by atoms with Crippen molar-refractivity contribution in [3.63, 3.8) is 0 Å². The van der Waals surface area contributed by atoms with Gasteiger partial charge in [0.15, 0.2) is 5.69 Å². The van der Waals surface area contributed by atoms with Gasteiger partial charge in [0.25, 0.3) is 0 Å². The summed E-state index contributed by atoms with van der Waals surface area (Å²) in [4.78, 5) is 14.5. The van der Waals surface area contributed by atoms with E-state index in [-0.39, 0.29) is 16.8 Å². The summed E-state index contributed by atoms with van der Waals surface area (Å²) in [6.45, 7) is 0. The molecule has 0 amide bonds. The molecule has 2 rings (SSSR count). The molecule has 1 aromatic heterocycles. The van der Waals surface area contributed by atoms with E-state index in [1.165, 1.54) is 12.1 Å². The fraction of sp³-hybridized carbons (Fsp3) is 0.143. The number of alkyl halides is 3. The zero-order valence-electron chi connectivity index (χ0n) is 10.7. The van der Waals surface area contributed by atoms with Crippen molar-refractivity contribution in [2.45, 2.75) is 6.18 Å². The SMILES string of the molecule is COC(=O)c1ccc(-c2ccccc2C(F)(F)F)c(F)n1. The van der Waals surface area contributed by atoms with Crippen LogP contribution in [0.5, 0.6) is 0 Å². The maximum Gasteiger partial charge on any atom is 0.417 e. The molecule has 21 heavy (non-hydrogen) atoms. The van der Waals surface area contributed by atoms with Gasteiger partial charge in [-0.1, -0.05) is 18.2 Å². The lowest BCUT2D eigenvalue weighted by Crippen LogP contribution is -2.09. The zero-order chi connectivity index (χ0) is 15.6. The minimum atomic E-state index is -4.62. The number of hydrogen-bond acceptors (Lipinski definition) is 3. The van der Waals surface area contributed by atoms with E-state index in [1.54, 1.807) is 0 Å². The number of hydrogen-bond donors (Lipinski definition) is 0. The van der Waals surface area contributed by atoms with Crippen molar-refractivity contribution in [1.29, 1.82) is 0 Å². The first-order valence-electron chi connectivity index (χ1n) is 5.76. The third-order valence-electron chi connectivity index (χ3n) is 2.77. The molecular weight excluding hydrogens is 290 g/mol. The van der Waals surface area contributed by atoms with Gasteiger partial charge in [0.2, 0.25) is 5.95 Å². The molecule has 110 valence electrons. The van der Waals surface area contributed by atoms with Crippen molar-refractivity contribution >= 4 is 5.97 Å². The Bertz CT molecular complexity index is 683. The summed E-state index contributed by atoms with van der Waals surface area (Å²) in [5.74, 6) is -2.04. The van der Waals surface area contributed by atoms with Crippen molar-refractivity contribution in [2.24, 2.45) is 0 Å². The van der Waals surface area contributed by atoms with Crippen LogP contribution in [0.1, 0.15) is 16.1 Å². The van der Waals surface area contributed by atoms with Gasteiger partial charge >= 0.3 is 12.1 Å². The van der Waals surface area contributed by atoms with Gasteiger partial charge in [-0.2, -0.15) is 17.6 Å². The van der Waals surface area contributed by atoms with Crippen molar-refractivity contribution in [3.05, 3.63) is 53.6 Å². The highest BCUT2D eigenvalue weighted by Gasteiger charge is 2.34. The molecule has 0 spiro atoms. The number of rotatable bonds is 2. The van der Waals surface area contributed by atoms with Gasteiger partial charge in [0.1, 0.15) is 0 Å². The first kappa shape index (κ1) is 15.0. The Kier molecular flexibility index (Phi) is 3.93. The summed E-state index contributed by atoms with van der Waals surface area (Å²) in [5, 5.41) is 0. The fourth-order valence-corrected chi connectivity index (χ4v) is 1.82. The molecule has 2 aromatic rings. The second-order valence-corrected chi connectivity index (χ2v) is 4.07. The standard InChI is InChI=1S/C14H9F4NO2/c1-21-13(20)11-7-6-9(12(15)19-11)8-4-2-3-5-10(8)14(16,17)18/h2-7H,1H3. The van der Waals surface area contributed by atoms with Gasteiger partial charge in [0.05, 0.1) is 12.7 Å². The summed E-state index contributed by atoms with van der Waals surface area (Å²) in [7, 11) is 1.09. The van der Waals surface area contributed by atoms with Gasteiger partial charge in [-0.05, 0) is 23.8 Å². The van der Waals surface area contributed by atoms with Crippen molar-refractivity contribution in [1.82, 2.24) is 4.98 Å². The third-order valence-corrected chi connectivity index (χ3v) is 2.77. The molecule has 0 saturated heterocycles. The zero-order valence-corrected chi connectivity index (χ0v) is 10.7. The highest BCUT2D eigenvalue weighted by molar-refractivity contribution is 5.87. The van der Waals surface area contributed by atoms with Crippen LogP contribution < -0.4 is 0 Å². The molecule has 0 N–H and O–H groups in total. The Hall–Kier alpha value is -2.44. The number of ether oxygens (including phenoxy) is 1. The maximum atomic E-state index is 13.9. The van der Waals surface area contributed by atoms with Crippen LogP contribution in [-0.2, 0) is 10.9 Å². The van der Waals surface area contributed by atoms with E-state index >= 15 is 0 Å². The van der Waals surface area contributed by atoms with Crippen LogP contribution in [0.4, 0.5) is 17.6 Å². The Balaban J connectivity index is 2.56. The van der Waals surface area contributed by atoms with Gasteiger partial charge in [-0.3, -0.25) is 0 Å². The number of nitrogens with zero attached hydrogens (tertiary/aromatic N) is 1. The molecule has 7 heteroatoms. The van der Waals surface area contributed by atoms with Crippen molar-refractivity contribution in [2.75, 3.05) is 7.11 Å². The Morgan fingerprint density at radius 1 is 1.10 bits per heavy atom. The lowest BCUT2D eigenvalue weighted by molar-refractivity contribution is -0.137. The number of esters is 1. The second kappa shape index (κ2) is 5.51. The summed E-state index contributed by atoms with van der Waals surface area (Å²) in [6.07, 6.45) is -4.62. The summed E-state index contributed by atoms with van der Waals surface area (Å²) < 4.78 is 57.0. The second-order valence-electron chi connectivity index (χ2n) is 4.07. The molecule has 0 radical (unpaired) electrons. The quantitative estimate of drug-likeness (QED) is 0.482. The molecule has 1 aromatic carbocycles. The van der Waals surface area contributed by atoms with Crippen LogP contribution in [0, 0.1) is 5.95 Å². The number of pyridine rings is 1. The monoisotopic (exact) mass is 299 g/mol. The number of carbonyl (C=O) groups excluding carboxylic acids is 1. The van der Waals surface area contributed by atoms with E-state index in [0.717, 1.165) is 31.4 Å². The Morgan fingerprint density at radius 2 is 1.76 bits per heavy atom. The number of halogens is 4. The lowest BCUT2D eigenvalue weighted by atomic mass is 10.0. The van der Waals surface area contributed by atoms with E-state index in [2.05, 4.69) is 9.72 Å². The number of aromatic nitrogens is 1. The fourth-order valence-electron chi connectivity index (χ4n) is 1.82. The van der Waals surface area contributed by atoms with E-state index < -0.39 is 23.7 Å². The molecule has 0 aliphatic rings. The van der Waals surface area contributed by atoms with E-state index in [4.69, 9.17) is 0 Å². The normalized spacial score (nSPS) is 11.3. The van der Waals surface area contributed by atoms with E-state index in [9.17, 15) is 22.4 Å². The molecule has 0 bridgehead atoms. The van der Waals surface area contributed by atoms with E-state index in [0.29, 0.717) is 0 Å². The Morgan fingerprint density at radius 3 is 2.33 bits per heavy atom. The molecule has 0 aliphatic carbocycles. The average molecular weight is 299 g/mol. The van der Waals surface area contributed by atoms with Crippen LogP contribution in [0.2, 0.25) is 0 Å². The van der Waals surface area contributed by atoms with Gasteiger partial charge in [-0.25, -0.2) is 9.78 Å². The highest BCUT2D eigenvalue weighted by Crippen LogP contribution is 2.37. The van der Waals surface area contributed by atoms with Gasteiger partial charge in [0, 0.05) is 5.56 Å². The summed E-state index contributed by atoms with van der Waals surface area (Å²) in [6, 6.07) is 6.74. The minimum Gasteiger partial charge on any atom is -0.464 e. The molecule has 1 heterocycles. The van der Waals surface area contributed by atoms with Crippen LogP contribution >= 0.6 is 0 Å². The molecule has 0 aliphatic heterocycles. The van der Waals surface area contributed by atoms with Crippen LogP contribution in [0.25, 0.3) is 11.1 Å². The molecule has 3 nitrogen and oxygen atoms in total. The predicted octanol–water partition coefficient (Wildman–Crippen LogP) is 3.69. The average Bonchev–Trinajstić information content (AvgIpc) is 2.45. The number of methoxy groups -OCH3 is 1. The number of benzene rings is 1. The lowest BCUT2D eigenvalue weighted by Gasteiger charge is -2.13. The van der Waals surface area contributed by atoms with E-state index in [1.807, 2.05) is 0 Å². The first-order chi connectivity index (χ1) is 9.84. The largest absolute Gasteiger partial charge is 0.464 e. The summed E-state index contributed by atoms with van der Waals surface area (Å²) in [5.41, 5.74) is -1.97. The van der Waals surface area contributed by atoms with Crippen molar-refractivity contribution < 1.29 is 27.1 Å². The molecule has 0 saturated carbocycles. The first-order valence-corrected chi connectivity index (χ1v) is 5.76. The van der Waals surface area contributed by atoms with Crippen LogP contribution in [0.15, 0.2) is 36.4 Å². The maximum absolute atomic E-state index is 13.9. The molecular formula is C14H9F4NO2. The summed E-state index contributed by atoms with van der Waals surface area (Å²) >= 11 is 0. The molecule has 0 atom stereocenters. The van der Waals surface area contributed by atoms with Crippen molar-refractivity contribution in [3.8, 4) is 11.1 Å². The minimum absolute atomic E-state index is 0.316. The van der Waals surface area contributed by atoms with Crippen LogP contribution in [-0.4, -0.2) is 18.1 Å². The smallest absolute Gasteiger partial charge is 0.417 e. The number of carbonyl (C=O) groups is 1. The highest BCUT2D eigenvalue weighted by atomic mass is 19.4. The van der Waals surface area contributed by atoms with Gasteiger partial charge < -0.3 is 4.74 Å². The van der Waals surface area contributed by atoms with Crippen LogP contribution in [0.3, 0.4) is 0 Å². The Labute approximate surface area is 117 Å². The van der Waals surface area contributed by atoms with Gasteiger partial charge in [-0.15, -0.1) is 0 Å².